The zero-order valence-corrected chi connectivity index (χ0v) is 11.1. The van der Waals surface area contributed by atoms with Crippen LogP contribution in [0, 0.1) is 11.3 Å². The lowest BCUT2D eigenvalue weighted by atomic mass is 9.96. The molecule has 0 radical (unpaired) electrons. The summed E-state index contributed by atoms with van der Waals surface area (Å²) in [6.45, 7) is 6.05. The second kappa shape index (κ2) is 5.83. The summed E-state index contributed by atoms with van der Waals surface area (Å²) in [7, 11) is 0. The smallest absolute Gasteiger partial charge is 0.0388 e. The van der Waals surface area contributed by atoms with Gasteiger partial charge in [-0.2, -0.15) is 0 Å². The number of benzene rings is 1. The summed E-state index contributed by atoms with van der Waals surface area (Å²) in [5, 5.41) is 14.9. The van der Waals surface area contributed by atoms with Gasteiger partial charge in [0.25, 0.3) is 0 Å². The molecule has 0 saturated carbocycles. The van der Waals surface area contributed by atoms with E-state index in [2.05, 4.69) is 36.6 Å². The van der Waals surface area contributed by atoms with E-state index in [1.165, 1.54) is 5.70 Å². The topological polar surface area (TPSA) is 47.9 Å². The second-order valence-corrected chi connectivity index (χ2v) is 4.94. The van der Waals surface area contributed by atoms with Gasteiger partial charge in [0.2, 0.25) is 0 Å². The second-order valence-electron chi connectivity index (χ2n) is 4.94. The van der Waals surface area contributed by atoms with Gasteiger partial charge in [-0.05, 0) is 18.1 Å². The zero-order chi connectivity index (χ0) is 13.0. The average Bonchev–Trinajstić information content (AvgIpc) is 2.38. The first-order valence-corrected chi connectivity index (χ1v) is 6.52. The largest absolute Gasteiger partial charge is 0.358 e. The van der Waals surface area contributed by atoms with Crippen LogP contribution in [0.4, 0.5) is 5.69 Å². The summed E-state index contributed by atoms with van der Waals surface area (Å²) in [5.41, 5.74) is 4.14. The molecule has 18 heavy (non-hydrogen) atoms. The molecule has 0 aromatic heterocycles. The summed E-state index contributed by atoms with van der Waals surface area (Å²) in [5.74, 6) is 0.389. The van der Waals surface area contributed by atoms with Crippen molar-refractivity contribution in [1.82, 2.24) is 5.32 Å². The van der Waals surface area contributed by atoms with E-state index >= 15 is 0 Å². The maximum Gasteiger partial charge on any atom is 0.0388 e. The van der Waals surface area contributed by atoms with Gasteiger partial charge < -0.3 is 16.0 Å². The molecule has 96 valence electrons. The van der Waals surface area contributed by atoms with Crippen molar-refractivity contribution in [3.8, 4) is 0 Å². The summed E-state index contributed by atoms with van der Waals surface area (Å²) in [6, 6.07) is 10.2. The van der Waals surface area contributed by atoms with Gasteiger partial charge in [0.05, 0.1) is 0 Å². The number of hydrogen-bond donors (Lipinski definition) is 3. The van der Waals surface area contributed by atoms with Crippen LogP contribution in [0.25, 0.3) is 0 Å². The SMILES string of the molecule is CC(C)/C(Nc1ccccc1)=C1\CNCCC1=N. The Bertz CT molecular complexity index is 446. The number of nitrogens with one attached hydrogen (secondary N) is 3. The normalized spacial score (nSPS) is 18.9. The lowest BCUT2D eigenvalue weighted by molar-refractivity contribution is 0.697. The number of hydrogen-bond acceptors (Lipinski definition) is 3. The fourth-order valence-corrected chi connectivity index (χ4v) is 2.19. The molecular formula is C15H21N3. The highest BCUT2D eigenvalue weighted by atomic mass is 14.9. The summed E-state index contributed by atoms with van der Waals surface area (Å²) >= 11 is 0. The highest BCUT2D eigenvalue weighted by Gasteiger charge is 2.18. The van der Waals surface area contributed by atoms with E-state index in [1.807, 2.05) is 18.2 Å². The minimum atomic E-state index is 0.389. The van der Waals surface area contributed by atoms with E-state index in [0.717, 1.165) is 36.5 Å². The van der Waals surface area contributed by atoms with Crippen molar-refractivity contribution in [2.45, 2.75) is 20.3 Å². The molecule has 0 atom stereocenters. The van der Waals surface area contributed by atoms with Crippen LogP contribution in [0.3, 0.4) is 0 Å². The summed E-state index contributed by atoms with van der Waals surface area (Å²) in [6.07, 6.45) is 0.821. The Labute approximate surface area is 109 Å². The number of anilines is 1. The van der Waals surface area contributed by atoms with Crippen molar-refractivity contribution in [2.24, 2.45) is 5.92 Å². The van der Waals surface area contributed by atoms with Crippen molar-refractivity contribution in [2.75, 3.05) is 18.4 Å². The van der Waals surface area contributed by atoms with Crippen molar-refractivity contribution in [1.29, 1.82) is 5.41 Å². The Morgan fingerprint density at radius 2 is 2.00 bits per heavy atom. The number of para-hydroxylation sites is 1. The fourth-order valence-electron chi connectivity index (χ4n) is 2.19. The Morgan fingerprint density at radius 1 is 1.28 bits per heavy atom. The van der Waals surface area contributed by atoms with E-state index in [1.54, 1.807) is 0 Å². The Kier molecular flexibility index (Phi) is 4.15. The fraction of sp³-hybridized carbons (Fsp3) is 0.400. The maximum absolute atomic E-state index is 8.10. The van der Waals surface area contributed by atoms with Crippen LogP contribution in [-0.2, 0) is 0 Å². The van der Waals surface area contributed by atoms with Crippen LogP contribution in [0.2, 0.25) is 0 Å². The number of piperidine rings is 1. The van der Waals surface area contributed by atoms with Crippen molar-refractivity contribution in [3.63, 3.8) is 0 Å². The van der Waals surface area contributed by atoms with Gasteiger partial charge in [-0.25, -0.2) is 0 Å². The number of rotatable bonds is 3. The molecule has 1 aliphatic rings. The van der Waals surface area contributed by atoms with Gasteiger partial charge in [0.15, 0.2) is 0 Å². The number of allylic oxidation sites excluding steroid dienone is 1. The molecule has 3 N–H and O–H groups in total. The van der Waals surface area contributed by atoms with Gasteiger partial charge >= 0.3 is 0 Å². The molecule has 3 nitrogen and oxygen atoms in total. The Balaban J connectivity index is 2.28. The predicted octanol–water partition coefficient (Wildman–Crippen LogP) is 3.02. The van der Waals surface area contributed by atoms with Crippen molar-refractivity contribution >= 4 is 11.4 Å². The summed E-state index contributed by atoms with van der Waals surface area (Å²) in [4.78, 5) is 0. The van der Waals surface area contributed by atoms with Crippen molar-refractivity contribution < 1.29 is 0 Å². The van der Waals surface area contributed by atoms with Gasteiger partial charge in [-0.1, -0.05) is 32.0 Å². The molecule has 0 spiro atoms. The van der Waals surface area contributed by atoms with E-state index in [-0.39, 0.29) is 0 Å². The molecule has 3 heteroatoms. The van der Waals surface area contributed by atoms with E-state index in [4.69, 9.17) is 5.41 Å². The first kappa shape index (κ1) is 12.8. The minimum absolute atomic E-state index is 0.389. The predicted molar refractivity (Wildman–Crippen MR) is 77.1 cm³/mol. The standard InChI is InChI=1S/C15H21N3/c1-11(2)15(13-10-17-9-8-14(13)16)18-12-6-4-3-5-7-12/h3-7,11,16-18H,8-10H2,1-2H3/b15-13-,16-14?. The Morgan fingerprint density at radius 3 is 2.61 bits per heavy atom. The molecule has 1 aliphatic heterocycles. The van der Waals surface area contributed by atoms with Crippen LogP contribution in [0.1, 0.15) is 20.3 Å². The molecule has 1 saturated heterocycles. The lowest BCUT2D eigenvalue weighted by Crippen LogP contribution is -2.33. The van der Waals surface area contributed by atoms with E-state index < -0.39 is 0 Å². The average molecular weight is 243 g/mol. The van der Waals surface area contributed by atoms with Gasteiger partial charge in [-0.3, -0.25) is 0 Å². The first-order chi connectivity index (χ1) is 8.68. The van der Waals surface area contributed by atoms with Crippen LogP contribution in [0.5, 0.6) is 0 Å². The van der Waals surface area contributed by atoms with Crippen LogP contribution < -0.4 is 10.6 Å². The molecule has 1 aromatic rings. The lowest BCUT2D eigenvalue weighted by Gasteiger charge is -2.24. The van der Waals surface area contributed by atoms with Gasteiger partial charge in [-0.15, -0.1) is 0 Å². The van der Waals surface area contributed by atoms with Crippen LogP contribution in [0.15, 0.2) is 41.6 Å². The van der Waals surface area contributed by atoms with Crippen LogP contribution in [-0.4, -0.2) is 18.8 Å². The van der Waals surface area contributed by atoms with Crippen LogP contribution >= 0.6 is 0 Å². The highest BCUT2D eigenvalue weighted by molar-refractivity contribution is 6.00. The van der Waals surface area contributed by atoms with Crippen molar-refractivity contribution in [3.05, 3.63) is 41.6 Å². The van der Waals surface area contributed by atoms with Gasteiger partial charge in [0.1, 0.15) is 0 Å². The Hall–Kier alpha value is -1.61. The zero-order valence-electron chi connectivity index (χ0n) is 11.1. The molecule has 0 bridgehead atoms. The monoisotopic (exact) mass is 243 g/mol. The maximum atomic E-state index is 8.10. The third-order valence-electron chi connectivity index (χ3n) is 3.17. The third kappa shape index (κ3) is 2.99. The summed E-state index contributed by atoms with van der Waals surface area (Å²) < 4.78 is 0. The minimum Gasteiger partial charge on any atom is -0.358 e. The van der Waals surface area contributed by atoms with E-state index in [0.29, 0.717) is 5.92 Å². The molecule has 0 aliphatic carbocycles. The molecule has 1 heterocycles. The molecule has 0 amide bonds. The molecule has 1 fully saturated rings. The highest BCUT2D eigenvalue weighted by Crippen LogP contribution is 2.21. The quantitative estimate of drug-likeness (QED) is 0.764. The first-order valence-electron chi connectivity index (χ1n) is 6.52. The molecule has 0 unspecified atom stereocenters. The van der Waals surface area contributed by atoms with Gasteiger partial charge in [0, 0.05) is 42.2 Å². The van der Waals surface area contributed by atoms with E-state index in [9.17, 15) is 0 Å². The molecule has 2 rings (SSSR count). The third-order valence-corrected chi connectivity index (χ3v) is 3.17. The molecular weight excluding hydrogens is 222 g/mol. The molecule has 1 aromatic carbocycles.